The molecule has 1 aliphatic rings. The van der Waals surface area contributed by atoms with Crippen LogP contribution >= 0.6 is 11.3 Å². The Morgan fingerprint density at radius 3 is 3.04 bits per heavy atom. The Bertz CT molecular complexity index is 653. The highest BCUT2D eigenvalue weighted by Gasteiger charge is 2.32. The van der Waals surface area contributed by atoms with Crippen LogP contribution in [0.1, 0.15) is 18.4 Å². The summed E-state index contributed by atoms with van der Waals surface area (Å²) in [5.41, 5.74) is 7.01. The molecular weight excluding hydrogens is 308 g/mol. The number of nitrogens with two attached hydrogens (primary N) is 1. The number of carbonyl (C=O) groups excluding carboxylic acids is 1. The van der Waals surface area contributed by atoms with E-state index in [0.717, 1.165) is 36.5 Å². The van der Waals surface area contributed by atoms with E-state index in [1.54, 1.807) is 11.3 Å². The lowest BCUT2D eigenvalue weighted by Crippen LogP contribution is -2.38. The van der Waals surface area contributed by atoms with Gasteiger partial charge in [0.15, 0.2) is 0 Å². The highest BCUT2D eigenvalue weighted by Crippen LogP contribution is 2.28. The number of hydrogen-bond donors (Lipinski definition) is 2. The molecule has 0 spiro atoms. The molecule has 1 atom stereocenters. The normalized spacial score (nSPS) is 21.8. The molecule has 6 heteroatoms. The van der Waals surface area contributed by atoms with Gasteiger partial charge in [-0.05, 0) is 37.1 Å². The minimum Gasteiger partial charge on any atom is -0.355 e. The topological polar surface area (TPSA) is 71.2 Å². The number of hydrogen-bond acceptors (Lipinski definition) is 5. The number of likely N-dealkylation sites (tertiary alicyclic amines) is 1. The minimum atomic E-state index is 0.0902. The van der Waals surface area contributed by atoms with Crippen LogP contribution in [0.15, 0.2) is 24.3 Å². The van der Waals surface area contributed by atoms with E-state index in [2.05, 4.69) is 28.2 Å². The van der Waals surface area contributed by atoms with Gasteiger partial charge in [0.2, 0.25) is 5.91 Å². The maximum atomic E-state index is 12.1. The number of nitrogens with one attached hydrogen (secondary N) is 1. The molecule has 23 heavy (non-hydrogen) atoms. The van der Waals surface area contributed by atoms with Gasteiger partial charge < -0.3 is 11.1 Å². The Balaban J connectivity index is 1.43. The molecule has 1 aliphatic heterocycles. The molecule has 1 fully saturated rings. The fraction of sp³-hybridized carbons (Fsp3) is 0.529. The molecule has 2 aromatic rings. The third kappa shape index (κ3) is 4.07. The van der Waals surface area contributed by atoms with Crippen molar-refractivity contribution >= 4 is 27.5 Å². The van der Waals surface area contributed by atoms with Crippen LogP contribution < -0.4 is 11.1 Å². The summed E-state index contributed by atoms with van der Waals surface area (Å²) in [7, 11) is 0. The zero-order valence-electron chi connectivity index (χ0n) is 13.5. The van der Waals surface area contributed by atoms with E-state index in [9.17, 15) is 4.79 Å². The van der Waals surface area contributed by atoms with Crippen LogP contribution in [-0.2, 0) is 11.2 Å². The summed E-state index contributed by atoms with van der Waals surface area (Å²) in [5, 5.41) is 4.08. The van der Waals surface area contributed by atoms with Crippen LogP contribution in [0, 0.1) is 5.41 Å². The Hall–Kier alpha value is -1.50. The van der Waals surface area contributed by atoms with Gasteiger partial charge in [-0.3, -0.25) is 9.69 Å². The third-order valence-electron chi connectivity index (χ3n) is 4.50. The fourth-order valence-electron chi connectivity index (χ4n) is 3.02. The molecular formula is C17H24N4OS. The SMILES string of the molecule is CC1(CN)CCN(CC(=O)NCCc2nc3ccccc3s2)C1. The molecule has 3 rings (SSSR count). The maximum Gasteiger partial charge on any atom is 0.234 e. The van der Waals surface area contributed by atoms with Gasteiger partial charge in [-0.1, -0.05) is 19.1 Å². The monoisotopic (exact) mass is 332 g/mol. The highest BCUT2D eigenvalue weighted by molar-refractivity contribution is 7.18. The first-order valence-corrected chi connectivity index (χ1v) is 8.93. The standard InChI is InChI=1S/C17H24N4OS/c1-17(11-18)7-9-21(12-17)10-15(22)19-8-6-16-20-13-4-2-3-5-14(13)23-16/h2-5H,6-12,18H2,1H3,(H,19,22). The van der Waals surface area contributed by atoms with Gasteiger partial charge >= 0.3 is 0 Å². The molecule has 0 radical (unpaired) electrons. The number of carbonyl (C=O) groups is 1. The van der Waals surface area contributed by atoms with Gasteiger partial charge in [0.05, 0.1) is 21.8 Å². The van der Waals surface area contributed by atoms with Crippen LogP contribution in [0.25, 0.3) is 10.2 Å². The number of thiazole rings is 1. The van der Waals surface area contributed by atoms with Crippen molar-refractivity contribution in [2.24, 2.45) is 11.1 Å². The second kappa shape index (κ2) is 6.95. The van der Waals surface area contributed by atoms with Crippen LogP contribution in [0.2, 0.25) is 0 Å². The van der Waals surface area contributed by atoms with Crippen LogP contribution in [0.3, 0.4) is 0 Å². The smallest absolute Gasteiger partial charge is 0.234 e. The van der Waals surface area contributed by atoms with Gasteiger partial charge in [-0.15, -0.1) is 11.3 Å². The zero-order valence-corrected chi connectivity index (χ0v) is 14.4. The van der Waals surface area contributed by atoms with Gasteiger partial charge in [0, 0.05) is 19.5 Å². The van der Waals surface area contributed by atoms with Crippen LogP contribution in [0.4, 0.5) is 0 Å². The summed E-state index contributed by atoms with van der Waals surface area (Å²) in [6.07, 6.45) is 1.86. The number of aromatic nitrogens is 1. The van der Waals surface area contributed by atoms with Crippen molar-refractivity contribution in [3.8, 4) is 0 Å². The lowest BCUT2D eigenvalue weighted by Gasteiger charge is -2.22. The van der Waals surface area contributed by atoms with Crippen LogP contribution in [0.5, 0.6) is 0 Å². The number of nitrogens with zero attached hydrogens (tertiary/aromatic N) is 2. The number of rotatable bonds is 6. The Kier molecular flexibility index (Phi) is 4.94. The average molecular weight is 332 g/mol. The second-order valence-corrected chi connectivity index (χ2v) is 7.77. The number of benzene rings is 1. The van der Waals surface area contributed by atoms with E-state index in [-0.39, 0.29) is 11.3 Å². The molecule has 1 aromatic carbocycles. The molecule has 5 nitrogen and oxygen atoms in total. The van der Waals surface area contributed by atoms with E-state index in [1.807, 2.05) is 18.2 Å². The van der Waals surface area contributed by atoms with Crippen molar-refractivity contribution in [2.75, 3.05) is 32.7 Å². The van der Waals surface area contributed by atoms with E-state index < -0.39 is 0 Å². The molecule has 0 saturated carbocycles. The number of para-hydroxylation sites is 1. The van der Waals surface area contributed by atoms with Gasteiger partial charge in [0.1, 0.15) is 0 Å². The molecule has 1 unspecified atom stereocenters. The summed E-state index contributed by atoms with van der Waals surface area (Å²) in [6.45, 7) is 5.85. The predicted octanol–water partition coefficient (Wildman–Crippen LogP) is 1.63. The van der Waals surface area contributed by atoms with Crippen molar-refractivity contribution in [2.45, 2.75) is 19.8 Å². The minimum absolute atomic E-state index is 0.0902. The van der Waals surface area contributed by atoms with E-state index in [4.69, 9.17) is 5.73 Å². The lowest BCUT2D eigenvalue weighted by molar-refractivity contribution is -0.122. The van der Waals surface area contributed by atoms with Crippen LogP contribution in [-0.4, -0.2) is 48.5 Å². The summed E-state index contributed by atoms with van der Waals surface area (Å²) < 4.78 is 1.20. The molecule has 124 valence electrons. The third-order valence-corrected chi connectivity index (χ3v) is 5.59. The quantitative estimate of drug-likeness (QED) is 0.843. The zero-order chi connectivity index (χ0) is 16.3. The van der Waals surface area contributed by atoms with E-state index in [1.165, 1.54) is 4.70 Å². The first-order chi connectivity index (χ1) is 11.1. The summed E-state index contributed by atoms with van der Waals surface area (Å²) in [4.78, 5) is 18.8. The van der Waals surface area contributed by atoms with Crippen molar-refractivity contribution < 1.29 is 4.79 Å². The average Bonchev–Trinajstić information content (AvgIpc) is 3.11. The van der Waals surface area contributed by atoms with Crippen molar-refractivity contribution in [3.05, 3.63) is 29.3 Å². The summed E-state index contributed by atoms with van der Waals surface area (Å²) in [5.74, 6) is 0.0902. The number of fused-ring (bicyclic) bond motifs is 1. The van der Waals surface area contributed by atoms with Gasteiger partial charge in [-0.2, -0.15) is 0 Å². The first-order valence-electron chi connectivity index (χ1n) is 8.12. The first kappa shape index (κ1) is 16.4. The van der Waals surface area contributed by atoms with Gasteiger partial charge in [-0.25, -0.2) is 4.98 Å². The number of amides is 1. The molecule has 1 amide bonds. The second-order valence-electron chi connectivity index (χ2n) is 6.65. The Morgan fingerprint density at radius 1 is 1.48 bits per heavy atom. The summed E-state index contributed by atoms with van der Waals surface area (Å²) >= 11 is 1.70. The lowest BCUT2D eigenvalue weighted by atomic mass is 9.90. The van der Waals surface area contributed by atoms with Crippen molar-refractivity contribution in [3.63, 3.8) is 0 Å². The van der Waals surface area contributed by atoms with E-state index >= 15 is 0 Å². The van der Waals surface area contributed by atoms with E-state index in [0.29, 0.717) is 19.6 Å². The van der Waals surface area contributed by atoms with Gasteiger partial charge in [0.25, 0.3) is 0 Å². The molecule has 0 bridgehead atoms. The summed E-state index contributed by atoms with van der Waals surface area (Å²) in [6, 6.07) is 8.13. The molecule has 1 saturated heterocycles. The molecule has 3 N–H and O–H groups in total. The fourth-order valence-corrected chi connectivity index (χ4v) is 3.99. The molecule has 0 aliphatic carbocycles. The maximum absolute atomic E-state index is 12.1. The van der Waals surface area contributed by atoms with Crippen molar-refractivity contribution in [1.29, 1.82) is 0 Å². The largest absolute Gasteiger partial charge is 0.355 e. The predicted molar refractivity (Wildman–Crippen MR) is 94.6 cm³/mol. The highest BCUT2D eigenvalue weighted by atomic mass is 32.1. The molecule has 1 aromatic heterocycles. The Morgan fingerprint density at radius 2 is 2.30 bits per heavy atom. The van der Waals surface area contributed by atoms with Crippen molar-refractivity contribution in [1.82, 2.24) is 15.2 Å². The Labute approximate surface area is 140 Å². The molecule has 2 heterocycles.